The Hall–Kier alpha value is -3.14. The Balaban J connectivity index is 1.56. The molecule has 0 saturated carbocycles. The minimum Gasteiger partial charge on any atom is -0.455 e. The summed E-state index contributed by atoms with van der Waals surface area (Å²) in [5.41, 5.74) is 3.64. The molecule has 2 heterocycles. The van der Waals surface area contributed by atoms with Crippen molar-refractivity contribution in [3.05, 3.63) is 76.5 Å². The van der Waals surface area contributed by atoms with Gasteiger partial charge in [-0.3, -0.25) is 4.79 Å². The minimum absolute atomic E-state index is 0.0205. The van der Waals surface area contributed by atoms with Gasteiger partial charge in [-0.15, -0.1) is 0 Å². The number of furan rings is 1. The van der Waals surface area contributed by atoms with Crippen molar-refractivity contribution in [3.63, 3.8) is 0 Å². The molecular formula is C22H21F3N4O2S. The zero-order chi connectivity index (χ0) is 23.3. The van der Waals surface area contributed by atoms with Crippen LogP contribution in [-0.4, -0.2) is 22.1 Å². The van der Waals surface area contributed by atoms with Crippen LogP contribution in [0.3, 0.4) is 0 Å². The third-order valence-corrected chi connectivity index (χ3v) is 5.21. The van der Waals surface area contributed by atoms with E-state index in [9.17, 15) is 18.0 Å². The maximum atomic E-state index is 12.9. The highest BCUT2D eigenvalue weighted by atomic mass is 32.2. The van der Waals surface area contributed by atoms with Crippen molar-refractivity contribution in [1.29, 1.82) is 0 Å². The van der Waals surface area contributed by atoms with Crippen molar-refractivity contribution in [2.75, 3.05) is 0 Å². The molecule has 168 valence electrons. The van der Waals surface area contributed by atoms with Gasteiger partial charge in [-0.1, -0.05) is 49.9 Å². The first-order chi connectivity index (χ1) is 15.1. The average Bonchev–Trinajstić information content (AvgIpc) is 3.21. The van der Waals surface area contributed by atoms with Gasteiger partial charge in [0.05, 0.1) is 12.0 Å². The summed E-state index contributed by atoms with van der Waals surface area (Å²) in [5, 5.41) is 3.90. The molecule has 2 aromatic heterocycles. The third-order valence-electron chi connectivity index (χ3n) is 4.34. The fourth-order valence-electron chi connectivity index (χ4n) is 2.65. The fraction of sp³-hybridized carbons (Fsp3) is 0.273. The fourth-order valence-corrected chi connectivity index (χ4v) is 3.45. The molecule has 0 fully saturated rings. The van der Waals surface area contributed by atoms with Crippen LogP contribution in [-0.2, 0) is 11.9 Å². The molecule has 6 nitrogen and oxygen atoms in total. The van der Waals surface area contributed by atoms with Crippen molar-refractivity contribution in [2.24, 2.45) is 5.10 Å². The number of hydrogen-bond acceptors (Lipinski definition) is 6. The van der Waals surface area contributed by atoms with Crippen molar-refractivity contribution in [1.82, 2.24) is 15.4 Å². The highest BCUT2D eigenvalue weighted by Crippen LogP contribution is 2.30. The normalized spacial score (nSPS) is 12.0. The predicted molar refractivity (Wildman–Crippen MR) is 116 cm³/mol. The molecule has 3 aromatic rings. The maximum Gasteiger partial charge on any atom is 0.433 e. The number of hydrazone groups is 1. The van der Waals surface area contributed by atoms with E-state index in [1.54, 1.807) is 6.07 Å². The first-order valence-corrected chi connectivity index (χ1v) is 10.7. The SMILES string of the molecule is Cc1cc(C(F)(F)F)nc(SCc2ccc(C(=O)N/N=C/c3ccc(C(C)C)cc3)o2)n1. The van der Waals surface area contributed by atoms with Crippen LogP contribution < -0.4 is 5.43 Å². The van der Waals surface area contributed by atoms with Gasteiger partial charge in [-0.2, -0.15) is 18.3 Å². The molecule has 0 unspecified atom stereocenters. The number of aromatic nitrogens is 2. The van der Waals surface area contributed by atoms with Crippen LogP contribution in [0.4, 0.5) is 13.2 Å². The van der Waals surface area contributed by atoms with Crippen LogP contribution in [0, 0.1) is 6.92 Å². The smallest absolute Gasteiger partial charge is 0.433 e. The first kappa shape index (κ1) is 23.5. The molecule has 1 N–H and O–H groups in total. The Morgan fingerprint density at radius 1 is 1.19 bits per heavy atom. The summed E-state index contributed by atoms with van der Waals surface area (Å²) in [5.74, 6) is 0.485. The zero-order valence-corrected chi connectivity index (χ0v) is 18.4. The topological polar surface area (TPSA) is 80.4 Å². The van der Waals surface area contributed by atoms with Gasteiger partial charge >= 0.3 is 12.1 Å². The quantitative estimate of drug-likeness (QED) is 0.215. The number of nitrogens with zero attached hydrogens (tertiary/aromatic N) is 3. The Bertz CT molecular complexity index is 1110. The predicted octanol–water partition coefficient (Wildman–Crippen LogP) is 5.58. The molecule has 1 amide bonds. The van der Waals surface area contributed by atoms with Crippen LogP contribution in [0.2, 0.25) is 0 Å². The summed E-state index contributed by atoms with van der Waals surface area (Å²) in [4.78, 5) is 19.7. The Morgan fingerprint density at radius 2 is 1.91 bits per heavy atom. The van der Waals surface area contributed by atoms with Crippen molar-refractivity contribution in [3.8, 4) is 0 Å². The number of hydrogen-bond donors (Lipinski definition) is 1. The second-order valence-corrected chi connectivity index (χ2v) is 8.19. The summed E-state index contributed by atoms with van der Waals surface area (Å²) >= 11 is 0.984. The van der Waals surface area contributed by atoms with E-state index in [-0.39, 0.29) is 22.4 Å². The monoisotopic (exact) mass is 462 g/mol. The average molecular weight is 462 g/mol. The van der Waals surface area contributed by atoms with E-state index in [1.165, 1.54) is 24.8 Å². The number of benzene rings is 1. The Labute approximate surface area is 187 Å². The van der Waals surface area contributed by atoms with Crippen LogP contribution >= 0.6 is 11.8 Å². The minimum atomic E-state index is -4.55. The number of amides is 1. The number of rotatable bonds is 7. The van der Waals surface area contributed by atoms with Crippen molar-refractivity contribution in [2.45, 2.75) is 43.8 Å². The Morgan fingerprint density at radius 3 is 2.56 bits per heavy atom. The van der Waals surface area contributed by atoms with E-state index in [4.69, 9.17) is 4.42 Å². The van der Waals surface area contributed by atoms with Crippen LogP contribution in [0.5, 0.6) is 0 Å². The number of halogens is 3. The van der Waals surface area contributed by atoms with E-state index in [0.717, 1.165) is 23.4 Å². The second kappa shape index (κ2) is 9.99. The molecule has 0 bridgehead atoms. The van der Waals surface area contributed by atoms with Gasteiger partial charge < -0.3 is 4.42 Å². The van der Waals surface area contributed by atoms with Crippen LogP contribution in [0.1, 0.15) is 58.6 Å². The lowest BCUT2D eigenvalue weighted by molar-refractivity contribution is -0.141. The molecule has 0 saturated heterocycles. The van der Waals surface area contributed by atoms with Crippen LogP contribution in [0.25, 0.3) is 0 Å². The molecule has 0 spiro atoms. The van der Waals surface area contributed by atoms with Crippen LogP contribution in [0.15, 0.2) is 57.1 Å². The summed E-state index contributed by atoms with van der Waals surface area (Å²) in [6, 6.07) is 11.7. The number of carbonyl (C=O) groups is 1. The number of thioether (sulfide) groups is 1. The number of carbonyl (C=O) groups excluding carboxylic acids is 1. The lowest BCUT2D eigenvalue weighted by atomic mass is 10.0. The molecule has 0 atom stereocenters. The largest absolute Gasteiger partial charge is 0.455 e. The third kappa shape index (κ3) is 6.43. The van der Waals surface area contributed by atoms with Crippen molar-refractivity contribution >= 4 is 23.9 Å². The summed E-state index contributed by atoms with van der Waals surface area (Å²) in [6.45, 7) is 5.68. The van der Waals surface area contributed by atoms with Gasteiger partial charge in [-0.05, 0) is 42.2 Å². The van der Waals surface area contributed by atoms with E-state index in [0.29, 0.717) is 11.7 Å². The van der Waals surface area contributed by atoms with Gasteiger partial charge in [0.25, 0.3) is 0 Å². The van der Waals surface area contributed by atoms with E-state index in [2.05, 4.69) is 34.3 Å². The molecule has 0 radical (unpaired) electrons. The highest BCUT2D eigenvalue weighted by molar-refractivity contribution is 7.98. The standard InChI is InChI=1S/C22H21F3N4O2S/c1-13(2)16-6-4-15(5-7-16)11-26-29-20(30)18-9-8-17(31-18)12-32-21-27-14(3)10-19(28-21)22(23,24)25/h4-11,13H,12H2,1-3H3,(H,29,30)/b26-11+. The molecule has 0 aliphatic rings. The van der Waals surface area contributed by atoms with Gasteiger partial charge in [0, 0.05) is 5.69 Å². The molecule has 32 heavy (non-hydrogen) atoms. The second-order valence-electron chi connectivity index (χ2n) is 7.25. The summed E-state index contributed by atoms with van der Waals surface area (Å²) in [6.07, 6.45) is -3.02. The zero-order valence-electron chi connectivity index (χ0n) is 17.6. The summed E-state index contributed by atoms with van der Waals surface area (Å²) < 4.78 is 44.1. The van der Waals surface area contributed by atoms with Crippen molar-refractivity contribution < 1.29 is 22.4 Å². The van der Waals surface area contributed by atoms with E-state index in [1.807, 2.05) is 24.3 Å². The first-order valence-electron chi connectivity index (χ1n) is 9.69. The number of nitrogens with one attached hydrogen (secondary N) is 1. The van der Waals surface area contributed by atoms with Gasteiger partial charge in [-0.25, -0.2) is 15.4 Å². The van der Waals surface area contributed by atoms with Gasteiger partial charge in [0.15, 0.2) is 10.9 Å². The molecule has 3 rings (SSSR count). The number of aryl methyl sites for hydroxylation is 1. The van der Waals surface area contributed by atoms with E-state index >= 15 is 0 Å². The highest BCUT2D eigenvalue weighted by Gasteiger charge is 2.33. The molecule has 1 aromatic carbocycles. The van der Waals surface area contributed by atoms with E-state index < -0.39 is 17.8 Å². The molecule has 0 aliphatic carbocycles. The molecule has 0 aliphatic heterocycles. The van der Waals surface area contributed by atoms with Gasteiger partial charge in [0.1, 0.15) is 11.5 Å². The van der Waals surface area contributed by atoms with Gasteiger partial charge in [0.2, 0.25) is 0 Å². The molecular weight excluding hydrogens is 441 g/mol. The molecule has 10 heteroatoms. The Kier molecular flexibility index (Phi) is 7.34. The summed E-state index contributed by atoms with van der Waals surface area (Å²) in [7, 11) is 0. The number of alkyl halides is 3. The lowest BCUT2D eigenvalue weighted by Gasteiger charge is -2.08. The lowest BCUT2D eigenvalue weighted by Crippen LogP contribution is -2.16. The maximum absolute atomic E-state index is 12.9.